The van der Waals surface area contributed by atoms with Crippen LogP contribution in [-0.2, 0) is 6.54 Å². The Morgan fingerprint density at radius 1 is 1.16 bits per heavy atom. The third-order valence-corrected chi connectivity index (χ3v) is 3.66. The summed E-state index contributed by atoms with van der Waals surface area (Å²) in [6.07, 6.45) is 0. The van der Waals surface area contributed by atoms with Crippen molar-refractivity contribution in [3.63, 3.8) is 0 Å². The van der Waals surface area contributed by atoms with Crippen LogP contribution in [0.5, 0.6) is 0 Å². The Kier molecular flexibility index (Phi) is 7.50. The normalized spacial score (nSPS) is 10.9. The molecule has 0 spiro atoms. The second kappa shape index (κ2) is 8.91. The molecule has 1 aromatic heterocycles. The van der Waals surface area contributed by atoms with Gasteiger partial charge in [0, 0.05) is 10.0 Å². The Bertz CT molecular complexity index is 828. The molecule has 0 saturated carbocycles. The van der Waals surface area contributed by atoms with Crippen molar-refractivity contribution in [2.75, 3.05) is 11.5 Å². The van der Waals surface area contributed by atoms with Crippen LogP contribution < -0.4 is 34.9 Å². The number of nitrogens with zero attached hydrogens (tertiary/aromatic N) is 3. The highest BCUT2D eigenvalue weighted by Crippen LogP contribution is 2.21. The van der Waals surface area contributed by atoms with Crippen molar-refractivity contribution >= 4 is 58.3 Å². The molecule has 0 aliphatic rings. The van der Waals surface area contributed by atoms with Crippen molar-refractivity contribution < 1.29 is 17.2 Å². The molecule has 7 N–H and O–H groups in total. The van der Waals surface area contributed by atoms with Crippen molar-refractivity contribution in [1.29, 1.82) is 0 Å². The molecule has 2 aromatic rings. The van der Waals surface area contributed by atoms with Crippen LogP contribution in [-0.4, -0.2) is 21.8 Å². The lowest BCUT2D eigenvalue weighted by Gasteiger charge is -2.07. The highest BCUT2D eigenvalue weighted by molar-refractivity contribution is 6.35. The molecule has 0 radical (unpaired) electrons. The predicted molar refractivity (Wildman–Crippen MR) is 95.1 cm³/mol. The number of hydrogen-bond donors (Lipinski definition) is 4. The molecule has 8 nitrogen and oxygen atoms in total. The number of carbonyl (C=O) groups is 1. The third-order valence-electron chi connectivity index (χ3n) is 2.80. The molecule has 2 rings (SSSR count). The van der Waals surface area contributed by atoms with Crippen molar-refractivity contribution in [2.24, 2.45) is 10.7 Å². The van der Waals surface area contributed by atoms with E-state index in [1.165, 1.54) is 0 Å². The van der Waals surface area contributed by atoms with E-state index in [9.17, 15) is 4.79 Å². The Labute approximate surface area is 164 Å². The van der Waals surface area contributed by atoms with Gasteiger partial charge in [-0.15, -0.1) is 0 Å². The lowest BCUT2D eigenvalue weighted by Crippen LogP contribution is -3.00. The molecule has 0 aliphatic heterocycles. The number of carbonyl (C=O) groups excluding carboxylic acids is 1. The summed E-state index contributed by atoms with van der Waals surface area (Å²) in [4.78, 5) is 23.5. The molecule has 0 atom stereocenters. The zero-order valence-electron chi connectivity index (χ0n) is 12.4. The van der Waals surface area contributed by atoms with Crippen molar-refractivity contribution in [2.45, 2.75) is 6.54 Å². The monoisotopic (exact) mass is 422 g/mol. The molecular formula is C13H12Cl4N7O-. The van der Waals surface area contributed by atoms with Gasteiger partial charge in [-0.2, -0.15) is 0 Å². The van der Waals surface area contributed by atoms with Crippen LogP contribution in [0.1, 0.15) is 16.1 Å². The molecule has 12 heteroatoms. The van der Waals surface area contributed by atoms with E-state index >= 15 is 0 Å². The van der Waals surface area contributed by atoms with E-state index in [1.54, 1.807) is 18.2 Å². The fraction of sp³-hybridized carbons (Fsp3) is 0.0769. The first-order valence-electron chi connectivity index (χ1n) is 6.41. The highest BCUT2D eigenvalue weighted by atomic mass is 35.5. The van der Waals surface area contributed by atoms with Gasteiger partial charge in [0.25, 0.3) is 5.91 Å². The first-order valence-corrected chi connectivity index (χ1v) is 7.55. The molecule has 1 aromatic carbocycles. The first-order chi connectivity index (χ1) is 11.3. The minimum Gasteiger partial charge on any atom is -1.00 e. The Balaban J connectivity index is 0.00000312. The molecule has 0 bridgehead atoms. The minimum atomic E-state index is -0.717. The summed E-state index contributed by atoms with van der Waals surface area (Å²) in [7, 11) is 0. The third kappa shape index (κ3) is 5.50. The molecule has 1 amide bonds. The number of hydrogen-bond acceptors (Lipinski definition) is 6. The Morgan fingerprint density at radius 2 is 1.84 bits per heavy atom. The quantitative estimate of drug-likeness (QED) is 0.362. The fourth-order valence-electron chi connectivity index (χ4n) is 1.64. The van der Waals surface area contributed by atoms with Gasteiger partial charge in [0.1, 0.15) is 0 Å². The number of nitrogen functional groups attached to an aromatic ring is 2. The van der Waals surface area contributed by atoms with Gasteiger partial charge in [-0.1, -0.05) is 40.9 Å². The second-order valence-corrected chi connectivity index (χ2v) is 5.73. The van der Waals surface area contributed by atoms with E-state index in [1.807, 2.05) is 0 Å². The number of aromatic nitrogens is 2. The van der Waals surface area contributed by atoms with E-state index in [-0.39, 0.29) is 47.4 Å². The number of nitrogens with one attached hydrogen (secondary N) is 1. The standard InChI is InChI=1S/C13H12Cl3N7O.ClH/c14-6-2-1-5(7(15)3-6)4-20-13(19)23-12(24)8-10(17)22-11(18)9(16)21-8;/h1-3H,4H2,(H4,17,18,22)(H3,19,20,23,24);1H/p-1. The molecule has 0 unspecified atom stereocenters. The van der Waals surface area contributed by atoms with Gasteiger partial charge in [-0.3, -0.25) is 10.1 Å². The maximum atomic E-state index is 12.1. The van der Waals surface area contributed by atoms with Crippen molar-refractivity contribution in [1.82, 2.24) is 15.3 Å². The molecule has 25 heavy (non-hydrogen) atoms. The SMILES string of the molecule is NC(=NCc1ccc(Cl)cc1Cl)NC(=O)c1nc(Cl)c(N)nc1N.[Cl-]. The summed E-state index contributed by atoms with van der Waals surface area (Å²) in [5.74, 6) is -1.13. The molecule has 0 aliphatic carbocycles. The number of aliphatic imine (C=N–C) groups is 1. The van der Waals surface area contributed by atoms with E-state index in [0.29, 0.717) is 15.6 Å². The van der Waals surface area contributed by atoms with Crippen LogP contribution in [0.4, 0.5) is 11.6 Å². The maximum absolute atomic E-state index is 12.1. The fourth-order valence-corrected chi connectivity index (χ4v) is 2.24. The summed E-state index contributed by atoms with van der Waals surface area (Å²) in [5, 5.41) is 3.12. The highest BCUT2D eigenvalue weighted by Gasteiger charge is 2.16. The van der Waals surface area contributed by atoms with Crippen LogP contribution in [0.3, 0.4) is 0 Å². The number of halogens is 4. The molecule has 1 heterocycles. The van der Waals surface area contributed by atoms with Crippen LogP contribution >= 0.6 is 34.8 Å². The summed E-state index contributed by atoms with van der Waals surface area (Å²) < 4.78 is 0. The second-order valence-electron chi connectivity index (χ2n) is 4.52. The smallest absolute Gasteiger partial charge is 0.280 e. The average molecular weight is 424 g/mol. The van der Waals surface area contributed by atoms with Gasteiger partial charge in [0.05, 0.1) is 6.54 Å². The van der Waals surface area contributed by atoms with Crippen molar-refractivity contribution in [3.8, 4) is 0 Å². The zero-order valence-corrected chi connectivity index (χ0v) is 15.5. The summed E-state index contributed by atoms with van der Waals surface area (Å²) >= 11 is 17.5. The minimum absolute atomic E-state index is 0. The first kappa shape index (κ1) is 21.0. The van der Waals surface area contributed by atoms with Crippen LogP contribution in [0.25, 0.3) is 0 Å². The van der Waals surface area contributed by atoms with Gasteiger partial charge in [0.2, 0.25) is 0 Å². The number of benzene rings is 1. The summed E-state index contributed by atoms with van der Waals surface area (Å²) in [5.41, 5.74) is 17.2. The predicted octanol–water partition coefficient (Wildman–Crippen LogP) is -1.15. The molecule has 0 fully saturated rings. The molecule has 134 valence electrons. The number of amides is 1. The molecular weight excluding hydrogens is 412 g/mol. The van der Waals surface area contributed by atoms with E-state index < -0.39 is 5.91 Å². The largest absolute Gasteiger partial charge is 1.00 e. The van der Waals surface area contributed by atoms with E-state index in [4.69, 9.17) is 52.0 Å². The lowest BCUT2D eigenvalue weighted by molar-refractivity contribution is -0.0000136. The van der Waals surface area contributed by atoms with Gasteiger partial charge < -0.3 is 29.6 Å². The average Bonchev–Trinajstić information content (AvgIpc) is 2.50. The summed E-state index contributed by atoms with van der Waals surface area (Å²) in [6, 6.07) is 4.95. The van der Waals surface area contributed by atoms with Gasteiger partial charge in [-0.05, 0) is 17.7 Å². The van der Waals surface area contributed by atoms with Gasteiger partial charge in [0.15, 0.2) is 28.4 Å². The number of nitrogens with two attached hydrogens (primary N) is 3. The summed E-state index contributed by atoms with van der Waals surface area (Å²) in [6.45, 7) is 0.145. The Morgan fingerprint density at radius 3 is 2.48 bits per heavy atom. The number of anilines is 2. The maximum Gasteiger partial charge on any atom is 0.280 e. The number of rotatable bonds is 3. The van der Waals surface area contributed by atoms with Crippen LogP contribution in [0.2, 0.25) is 15.2 Å². The zero-order chi connectivity index (χ0) is 17.9. The number of guanidine groups is 1. The van der Waals surface area contributed by atoms with Gasteiger partial charge >= 0.3 is 0 Å². The van der Waals surface area contributed by atoms with E-state index in [0.717, 1.165) is 0 Å². The van der Waals surface area contributed by atoms with Gasteiger partial charge in [-0.25, -0.2) is 15.0 Å². The molecule has 0 saturated heterocycles. The van der Waals surface area contributed by atoms with Crippen molar-refractivity contribution in [3.05, 3.63) is 44.7 Å². The van der Waals surface area contributed by atoms with E-state index in [2.05, 4.69) is 20.3 Å². The lowest BCUT2D eigenvalue weighted by atomic mass is 10.2. The van der Waals surface area contributed by atoms with Crippen LogP contribution in [0, 0.1) is 0 Å². The van der Waals surface area contributed by atoms with Crippen LogP contribution in [0.15, 0.2) is 23.2 Å². The topological polar surface area (TPSA) is 145 Å². The Hall–Kier alpha value is -2.00.